The van der Waals surface area contributed by atoms with Crippen LogP contribution < -0.4 is 10.6 Å². The lowest BCUT2D eigenvalue weighted by atomic mass is 10.1. The minimum absolute atomic E-state index is 0.291. The highest BCUT2D eigenvalue weighted by Gasteiger charge is 2.48. The van der Waals surface area contributed by atoms with E-state index in [0.717, 1.165) is 4.67 Å². The van der Waals surface area contributed by atoms with Crippen LogP contribution in [0.25, 0.3) is 0 Å². The number of nitrogens with zero attached hydrogens (tertiary/aromatic N) is 1. The van der Waals surface area contributed by atoms with Gasteiger partial charge in [0.1, 0.15) is 0 Å². The Labute approximate surface area is 145 Å². The van der Waals surface area contributed by atoms with Crippen LogP contribution in [0.1, 0.15) is 20.7 Å². The van der Waals surface area contributed by atoms with Gasteiger partial charge in [-0.3, -0.25) is 14.2 Å². The van der Waals surface area contributed by atoms with Crippen molar-refractivity contribution in [1.82, 2.24) is 4.67 Å². The lowest BCUT2D eigenvalue weighted by Gasteiger charge is -2.27. The van der Waals surface area contributed by atoms with Crippen molar-refractivity contribution < 1.29 is 14.2 Å². The van der Waals surface area contributed by atoms with Crippen molar-refractivity contribution in [2.75, 3.05) is 0 Å². The molecule has 1 aliphatic rings. The van der Waals surface area contributed by atoms with E-state index in [4.69, 9.17) is 0 Å². The van der Waals surface area contributed by atoms with Crippen molar-refractivity contribution in [3.63, 3.8) is 0 Å². The van der Waals surface area contributed by atoms with E-state index in [1.165, 1.54) is 0 Å². The van der Waals surface area contributed by atoms with Crippen LogP contribution in [-0.4, -0.2) is 16.5 Å². The van der Waals surface area contributed by atoms with Gasteiger partial charge in [0.05, 0.1) is 11.1 Å². The lowest BCUT2D eigenvalue weighted by molar-refractivity contribution is 0.0765. The molecular formula is C20H14NO3P. The summed E-state index contributed by atoms with van der Waals surface area (Å²) in [5.41, 5.74) is 0.583. The summed E-state index contributed by atoms with van der Waals surface area (Å²) >= 11 is 0. The van der Waals surface area contributed by atoms with Gasteiger partial charge >= 0.3 is 0 Å². The Bertz CT molecular complexity index is 937. The fourth-order valence-electron chi connectivity index (χ4n) is 3.07. The first-order valence-electron chi connectivity index (χ1n) is 7.83. The molecule has 25 heavy (non-hydrogen) atoms. The Balaban J connectivity index is 1.97. The highest BCUT2D eigenvalue weighted by Crippen LogP contribution is 2.51. The van der Waals surface area contributed by atoms with Crippen LogP contribution in [0, 0.1) is 0 Å². The molecule has 0 N–H and O–H groups in total. The average molecular weight is 347 g/mol. The molecule has 1 heterocycles. The average Bonchev–Trinajstić information content (AvgIpc) is 2.94. The molecule has 122 valence electrons. The Kier molecular flexibility index (Phi) is 3.63. The highest BCUT2D eigenvalue weighted by atomic mass is 31.2. The van der Waals surface area contributed by atoms with E-state index in [-0.39, 0.29) is 0 Å². The van der Waals surface area contributed by atoms with E-state index in [1.807, 2.05) is 0 Å². The molecule has 4 nitrogen and oxygen atoms in total. The van der Waals surface area contributed by atoms with E-state index in [0.29, 0.717) is 21.7 Å². The maximum absolute atomic E-state index is 14.2. The van der Waals surface area contributed by atoms with E-state index in [2.05, 4.69) is 0 Å². The van der Waals surface area contributed by atoms with E-state index in [9.17, 15) is 14.2 Å². The second-order valence-electron chi connectivity index (χ2n) is 5.71. The van der Waals surface area contributed by atoms with Crippen molar-refractivity contribution in [3.8, 4) is 0 Å². The third-order valence-electron chi connectivity index (χ3n) is 4.27. The van der Waals surface area contributed by atoms with E-state index in [1.54, 1.807) is 84.9 Å². The summed E-state index contributed by atoms with van der Waals surface area (Å²) < 4.78 is 15.1. The molecule has 0 fully saturated rings. The SMILES string of the molecule is O=C1c2ccccc2C(=O)N1P(=O)(c1ccccc1)c1ccccc1. The molecule has 0 aliphatic carbocycles. The summed E-state index contributed by atoms with van der Waals surface area (Å²) in [7, 11) is -3.63. The first kappa shape index (κ1) is 15.6. The Morgan fingerprint density at radius 1 is 0.560 bits per heavy atom. The second kappa shape index (κ2) is 5.83. The van der Waals surface area contributed by atoms with Gasteiger partial charge < -0.3 is 0 Å². The Morgan fingerprint density at radius 3 is 1.32 bits per heavy atom. The number of imide groups is 1. The molecule has 0 unspecified atom stereocenters. The molecule has 4 rings (SSSR count). The number of hydrogen-bond acceptors (Lipinski definition) is 3. The molecule has 0 radical (unpaired) electrons. The highest BCUT2D eigenvalue weighted by molar-refractivity contribution is 7.77. The predicted molar refractivity (Wildman–Crippen MR) is 96.7 cm³/mol. The minimum atomic E-state index is -3.63. The number of carbonyl (C=O) groups is 2. The molecule has 0 spiro atoms. The zero-order valence-corrected chi connectivity index (χ0v) is 14.1. The fraction of sp³-hybridized carbons (Fsp3) is 0. The van der Waals surface area contributed by atoms with Gasteiger partial charge in [0, 0.05) is 10.6 Å². The Hall–Kier alpha value is -2.97. The summed E-state index contributed by atoms with van der Waals surface area (Å²) in [5, 5.41) is 0.909. The van der Waals surface area contributed by atoms with Crippen molar-refractivity contribution in [3.05, 3.63) is 96.1 Å². The molecule has 0 aromatic heterocycles. The maximum atomic E-state index is 14.2. The van der Waals surface area contributed by atoms with Gasteiger partial charge in [-0.25, -0.2) is 4.67 Å². The van der Waals surface area contributed by atoms with Crippen molar-refractivity contribution >= 4 is 29.7 Å². The van der Waals surface area contributed by atoms with Crippen LogP contribution >= 0.6 is 7.29 Å². The van der Waals surface area contributed by atoms with Crippen LogP contribution in [0.15, 0.2) is 84.9 Å². The summed E-state index contributed by atoms with van der Waals surface area (Å²) in [6.45, 7) is 0. The molecule has 3 aromatic rings. The number of rotatable bonds is 3. The smallest absolute Gasteiger partial charge is 0.267 e. The van der Waals surface area contributed by atoms with Gasteiger partial charge in [-0.05, 0) is 36.4 Å². The summed E-state index contributed by atoms with van der Waals surface area (Å²) in [6.07, 6.45) is 0. The van der Waals surface area contributed by atoms with Gasteiger partial charge in [0.15, 0.2) is 0 Å². The van der Waals surface area contributed by atoms with Crippen molar-refractivity contribution in [1.29, 1.82) is 0 Å². The first-order chi connectivity index (χ1) is 12.1. The standard InChI is InChI=1S/C20H14NO3P/c22-19-17-13-7-8-14-18(17)20(23)21(19)25(24,15-9-3-1-4-10-15)16-11-5-2-6-12-16/h1-14H. The topological polar surface area (TPSA) is 54.5 Å². The van der Waals surface area contributed by atoms with Gasteiger partial charge in [0.2, 0.25) is 7.29 Å². The summed E-state index contributed by atoms with van der Waals surface area (Å²) in [6, 6.07) is 24.0. The second-order valence-corrected chi connectivity index (χ2v) is 8.30. The van der Waals surface area contributed by atoms with Crippen LogP contribution in [0.4, 0.5) is 0 Å². The van der Waals surface area contributed by atoms with Crippen LogP contribution in [0.5, 0.6) is 0 Å². The molecule has 0 bridgehead atoms. The molecule has 0 atom stereocenters. The molecule has 3 aromatic carbocycles. The third kappa shape index (κ3) is 2.26. The van der Waals surface area contributed by atoms with E-state index < -0.39 is 19.1 Å². The van der Waals surface area contributed by atoms with Crippen LogP contribution in [0.3, 0.4) is 0 Å². The number of benzene rings is 3. The molecule has 0 saturated heterocycles. The molecule has 0 saturated carbocycles. The summed E-state index contributed by atoms with van der Waals surface area (Å²) in [5.74, 6) is -1.03. The number of hydrogen-bond donors (Lipinski definition) is 0. The van der Waals surface area contributed by atoms with Crippen LogP contribution in [0.2, 0.25) is 0 Å². The fourth-order valence-corrected chi connectivity index (χ4v) is 5.71. The monoisotopic (exact) mass is 347 g/mol. The number of amides is 2. The van der Waals surface area contributed by atoms with Gasteiger partial charge in [0.25, 0.3) is 11.8 Å². The molecular weight excluding hydrogens is 333 g/mol. The largest absolute Gasteiger partial charge is 0.289 e. The van der Waals surface area contributed by atoms with Crippen LogP contribution in [-0.2, 0) is 4.57 Å². The maximum Gasteiger partial charge on any atom is 0.267 e. The van der Waals surface area contributed by atoms with Crippen molar-refractivity contribution in [2.45, 2.75) is 0 Å². The normalized spacial score (nSPS) is 13.8. The molecule has 2 amide bonds. The minimum Gasteiger partial charge on any atom is -0.289 e. The Morgan fingerprint density at radius 2 is 0.920 bits per heavy atom. The number of fused-ring (bicyclic) bond motifs is 1. The quantitative estimate of drug-likeness (QED) is 0.540. The van der Waals surface area contributed by atoms with Gasteiger partial charge in [-0.2, -0.15) is 0 Å². The first-order valence-corrected chi connectivity index (χ1v) is 9.49. The lowest BCUT2D eigenvalue weighted by Crippen LogP contribution is -2.36. The molecule has 1 aliphatic heterocycles. The zero-order valence-electron chi connectivity index (χ0n) is 13.2. The zero-order chi connectivity index (χ0) is 17.4. The number of carbonyl (C=O) groups excluding carboxylic acids is 2. The summed E-state index contributed by atoms with van der Waals surface area (Å²) in [4.78, 5) is 25.9. The van der Waals surface area contributed by atoms with Gasteiger partial charge in [-0.15, -0.1) is 0 Å². The molecule has 5 heteroatoms. The third-order valence-corrected chi connectivity index (χ3v) is 7.19. The van der Waals surface area contributed by atoms with Crippen molar-refractivity contribution in [2.24, 2.45) is 0 Å². The predicted octanol–water partition coefficient (Wildman–Crippen LogP) is 3.21. The van der Waals surface area contributed by atoms with E-state index >= 15 is 0 Å². The van der Waals surface area contributed by atoms with Gasteiger partial charge in [-0.1, -0.05) is 48.5 Å².